The molecule has 1 aliphatic heterocycles. The van der Waals surface area contributed by atoms with Crippen LogP contribution in [0.5, 0.6) is 0 Å². The maximum atomic E-state index is 13.1. The Morgan fingerprint density at radius 2 is 2.13 bits per heavy atom. The number of hydrogen-bond donors (Lipinski definition) is 2. The Labute approximate surface area is 134 Å². The molecule has 0 radical (unpaired) electrons. The first-order valence-electron chi connectivity index (χ1n) is 7.34. The lowest BCUT2D eigenvalue weighted by atomic mass is 10.1. The molecule has 2 aromatic rings. The number of sulfonamides is 1. The summed E-state index contributed by atoms with van der Waals surface area (Å²) in [5.74, 6) is -0.632. The first kappa shape index (κ1) is 15.8. The van der Waals surface area contributed by atoms with E-state index in [1.807, 2.05) is 0 Å². The van der Waals surface area contributed by atoms with E-state index < -0.39 is 15.8 Å². The monoisotopic (exact) mass is 336 g/mol. The van der Waals surface area contributed by atoms with Crippen LogP contribution in [0.1, 0.15) is 30.1 Å². The van der Waals surface area contributed by atoms with E-state index in [1.54, 1.807) is 18.2 Å². The van der Waals surface area contributed by atoms with Crippen molar-refractivity contribution in [3.63, 3.8) is 0 Å². The van der Waals surface area contributed by atoms with Crippen LogP contribution in [0.25, 0.3) is 0 Å². The summed E-state index contributed by atoms with van der Waals surface area (Å²) in [5.41, 5.74) is 1.17. The van der Waals surface area contributed by atoms with Crippen LogP contribution in [-0.2, 0) is 15.8 Å². The molecule has 1 unspecified atom stereocenters. The molecule has 1 aliphatic rings. The van der Waals surface area contributed by atoms with Gasteiger partial charge in [-0.15, -0.1) is 5.10 Å². The molecule has 6 nitrogen and oxygen atoms in total. The average molecular weight is 336 g/mol. The summed E-state index contributed by atoms with van der Waals surface area (Å²) in [6.45, 7) is 0.953. The molecule has 1 aromatic heterocycles. The Morgan fingerprint density at radius 1 is 1.26 bits per heavy atom. The van der Waals surface area contributed by atoms with Crippen LogP contribution in [0, 0.1) is 5.82 Å². The van der Waals surface area contributed by atoms with E-state index in [2.05, 4.69) is 20.2 Å². The predicted octanol–water partition coefficient (Wildman–Crippen LogP) is 1.98. The zero-order valence-corrected chi connectivity index (χ0v) is 13.2. The third-order valence-electron chi connectivity index (χ3n) is 3.61. The fourth-order valence-electron chi connectivity index (χ4n) is 2.56. The topological polar surface area (TPSA) is 84.0 Å². The smallest absolute Gasteiger partial charge is 0.238 e. The molecule has 1 saturated heterocycles. The van der Waals surface area contributed by atoms with Gasteiger partial charge in [0.15, 0.2) is 5.82 Å². The van der Waals surface area contributed by atoms with E-state index in [4.69, 9.17) is 0 Å². The molecule has 0 saturated carbocycles. The van der Waals surface area contributed by atoms with Gasteiger partial charge in [-0.3, -0.25) is 4.72 Å². The Bertz CT molecular complexity index is 774. The van der Waals surface area contributed by atoms with E-state index >= 15 is 0 Å². The highest BCUT2D eigenvalue weighted by atomic mass is 32.2. The van der Waals surface area contributed by atoms with E-state index in [0.717, 1.165) is 25.1 Å². The number of rotatable bonds is 5. The fraction of sp³-hybridized carbons (Fsp3) is 0.333. The molecule has 2 N–H and O–H groups in total. The first-order valence-corrected chi connectivity index (χ1v) is 8.99. The maximum absolute atomic E-state index is 13.1. The molecule has 0 amide bonds. The zero-order chi connectivity index (χ0) is 16.3. The van der Waals surface area contributed by atoms with Gasteiger partial charge in [-0.2, -0.15) is 5.10 Å². The Hall–Kier alpha value is -2.06. The summed E-state index contributed by atoms with van der Waals surface area (Å²) < 4.78 is 39.7. The standard InChI is InChI=1S/C15H17FN4O2S/c16-12-4-1-3-11(9-12)10-23(21,22)20-15-7-6-14(18-19-15)13-5-2-8-17-13/h1,3-4,6-7,9,13,17H,2,5,8,10H2,(H,19,20). The molecule has 1 aromatic carbocycles. The molecule has 23 heavy (non-hydrogen) atoms. The number of anilines is 1. The third kappa shape index (κ3) is 4.23. The normalized spacial score (nSPS) is 18.0. The van der Waals surface area contributed by atoms with Gasteiger partial charge >= 0.3 is 0 Å². The Kier molecular flexibility index (Phi) is 4.53. The van der Waals surface area contributed by atoms with Crippen LogP contribution in [0.3, 0.4) is 0 Å². The molecular weight excluding hydrogens is 319 g/mol. The molecule has 0 bridgehead atoms. The SMILES string of the molecule is O=S(=O)(Cc1cccc(F)c1)Nc1ccc(C2CCCN2)nn1. The van der Waals surface area contributed by atoms with Crippen LogP contribution < -0.4 is 10.0 Å². The average Bonchev–Trinajstić information content (AvgIpc) is 3.01. The van der Waals surface area contributed by atoms with E-state index in [-0.39, 0.29) is 17.6 Å². The molecular formula is C15H17FN4O2S. The van der Waals surface area contributed by atoms with Gasteiger partial charge in [0.2, 0.25) is 10.0 Å². The summed E-state index contributed by atoms with van der Waals surface area (Å²) in [6, 6.07) is 9.03. The number of benzene rings is 1. The number of halogens is 1. The Morgan fingerprint density at radius 3 is 2.78 bits per heavy atom. The maximum Gasteiger partial charge on any atom is 0.238 e. The van der Waals surface area contributed by atoms with Gasteiger partial charge in [0, 0.05) is 0 Å². The lowest BCUT2D eigenvalue weighted by Gasteiger charge is -2.10. The molecule has 1 atom stereocenters. The number of nitrogens with zero attached hydrogens (tertiary/aromatic N) is 2. The predicted molar refractivity (Wildman–Crippen MR) is 84.7 cm³/mol. The minimum Gasteiger partial charge on any atom is -0.309 e. The Balaban J connectivity index is 1.67. The number of aromatic nitrogens is 2. The largest absolute Gasteiger partial charge is 0.309 e. The summed E-state index contributed by atoms with van der Waals surface area (Å²) in [6.07, 6.45) is 2.09. The van der Waals surface area contributed by atoms with E-state index in [9.17, 15) is 12.8 Å². The number of hydrogen-bond acceptors (Lipinski definition) is 5. The van der Waals surface area contributed by atoms with Crippen molar-refractivity contribution in [3.8, 4) is 0 Å². The van der Waals surface area contributed by atoms with Crippen molar-refractivity contribution in [2.75, 3.05) is 11.3 Å². The molecule has 0 aliphatic carbocycles. The lowest BCUT2D eigenvalue weighted by molar-refractivity contribution is 0.599. The second-order valence-corrected chi connectivity index (χ2v) is 7.21. The van der Waals surface area contributed by atoms with Gasteiger partial charge in [0.25, 0.3) is 0 Å². The summed E-state index contributed by atoms with van der Waals surface area (Å²) >= 11 is 0. The molecule has 3 rings (SSSR count). The lowest BCUT2D eigenvalue weighted by Crippen LogP contribution is -2.18. The highest BCUT2D eigenvalue weighted by Crippen LogP contribution is 2.21. The fourth-order valence-corrected chi connectivity index (χ4v) is 3.68. The second-order valence-electron chi connectivity index (χ2n) is 5.48. The third-order valence-corrected chi connectivity index (χ3v) is 4.84. The summed E-state index contributed by atoms with van der Waals surface area (Å²) in [7, 11) is -3.67. The molecule has 1 fully saturated rings. The van der Waals surface area contributed by atoms with Crippen molar-refractivity contribution < 1.29 is 12.8 Å². The van der Waals surface area contributed by atoms with Crippen molar-refractivity contribution >= 4 is 15.8 Å². The van der Waals surface area contributed by atoms with Crippen molar-refractivity contribution in [3.05, 3.63) is 53.5 Å². The highest BCUT2D eigenvalue weighted by molar-refractivity contribution is 7.91. The van der Waals surface area contributed by atoms with Gasteiger partial charge in [-0.05, 0) is 49.2 Å². The van der Waals surface area contributed by atoms with Gasteiger partial charge < -0.3 is 5.32 Å². The molecule has 0 spiro atoms. The zero-order valence-electron chi connectivity index (χ0n) is 12.4. The van der Waals surface area contributed by atoms with E-state index in [1.165, 1.54) is 18.2 Å². The van der Waals surface area contributed by atoms with Crippen molar-refractivity contribution in [1.82, 2.24) is 15.5 Å². The second kappa shape index (κ2) is 6.59. The molecule has 2 heterocycles. The van der Waals surface area contributed by atoms with Crippen LogP contribution in [0.2, 0.25) is 0 Å². The minimum atomic E-state index is -3.67. The van der Waals surface area contributed by atoms with Crippen LogP contribution in [-0.4, -0.2) is 25.2 Å². The van der Waals surface area contributed by atoms with Crippen molar-refractivity contribution in [2.24, 2.45) is 0 Å². The minimum absolute atomic E-state index is 0.156. The number of nitrogens with one attached hydrogen (secondary N) is 2. The van der Waals surface area contributed by atoms with Gasteiger partial charge in [-0.25, -0.2) is 12.8 Å². The quantitative estimate of drug-likeness (QED) is 0.872. The molecule has 8 heteroatoms. The van der Waals surface area contributed by atoms with E-state index in [0.29, 0.717) is 5.56 Å². The van der Waals surface area contributed by atoms with Crippen LogP contribution in [0.15, 0.2) is 36.4 Å². The van der Waals surface area contributed by atoms with Crippen molar-refractivity contribution in [2.45, 2.75) is 24.6 Å². The van der Waals surface area contributed by atoms with Gasteiger partial charge in [0.05, 0.1) is 17.5 Å². The first-order chi connectivity index (χ1) is 11.0. The summed E-state index contributed by atoms with van der Waals surface area (Å²) in [5, 5.41) is 11.3. The van der Waals surface area contributed by atoms with Gasteiger partial charge in [-0.1, -0.05) is 12.1 Å². The highest BCUT2D eigenvalue weighted by Gasteiger charge is 2.18. The van der Waals surface area contributed by atoms with Crippen LogP contribution in [0.4, 0.5) is 10.2 Å². The summed E-state index contributed by atoms with van der Waals surface area (Å²) in [4.78, 5) is 0. The molecule has 122 valence electrons. The van der Waals surface area contributed by atoms with Gasteiger partial charge in [0.1, 0.15) is 5.82 Å². The van der Waals surface area contributed by atoms with Crippen LogP contribution >= 0.6 is 0 Å². The van der Waals surface area contributed by atoms with Crippen molar-refractivity contribution in [1.29, 1.82) is 0 Å².